The minimum atomic E-state index is -0.542. The number of urea groups is 1. The van der Waals surface area contributed by atoms with E-state index in [1.165, 1.54) is 11.9 Å². The summed E-state index contributed by atoms with van der Waals surface area (Å²) < 4.78 is 1.92. The highest BCUT2D eigenvalue weighted by Gasteiger charge is 2.54. The first kappa shape index (κ1) is 13.7. The van der Waals surface area contributed by atoms with E-state index in [1.54, 1.807) is 31.3 Å². The van der Waals surface area contributed by atoms with E-state index in [-0.39, 0.29) is 17.7 Å². The number of imide groups is 1. The Morgan fingerprint density at radius 1 is 1.17 bits per heavy atom. The van der Waals surface area contributed by atoms with Gasteiger partial charge in [-0.3, -0.25) is 14.6 Å². The molecule has 0 bridgehead atoms. The number of fused-ring (bicyclic) bond motifs is 2. The van der Waals surface area contributed by atoms with Crippen LogP contribution in [0.5, 0.6) is 5.75 Å². The highest BCUT2D eigenvalue weighted by atomic mass is 16.3. The Bertz CT molecular complexity index is 783. The molecule has 1 N–H and O–H groups in total. The van der Waals surface area contributed by atoms with Crippen molar-refractivity contribution in [2.75, 3.05) is 32.1 Å². The first-order valence-corrected chi connectivity index (χ1v) is 7.33. The lowest BCUT2D eigenvalue weighted by atomic mass is 10.1. The lowest BCUT2D eigenvalue weighted by Gasteiger charge is -2.31. The van der Waals surface area contributed by atoms with Gasteiger partial charge in [0.05, 0.1) is 6.54 Å². The molecule has 1 unspecified atom stereocenters. The molecule has 118 valence electrons. The van der Waals surface area contributed by atoms with E-state index in [9.17, 15) is 14.7 Å². The zero-order valence-corrected chi connectivity index (χ0v) is 12.8. The number of likely N-dealkylation sites (N-methyl/N-ethyl adjacent to an activating group) is 2. The fraction of sp³-hybridized carbons (Fsp3) is 0.333. The zero-order valence-electron chi connectivity index (χ0n) is 12.8. The summed E-state index contributed by atoms with van der Waals surface area (Å²) in [4.78, 5) is 33.6. The Morgan fingerprint density at radius 3 is 2.57 bits per heavy atom. The van der Waals surface area contributed by atoms with Crippen LogP contribution in [0.1, 0.15) is 0 Å². The lowest BCUT2D eigenvalue weighted by molar-refractivity contribution is -0.525. The molecule has 0 aromatic heterocycles. The maximum absolute atomic E-state index is 12.5. The topological polar surface area (TPSA) is 79.5 Å². The van der Waals surface area contributed by atoms with Gasteiger partial charge < -0.3 is 5.11 Å². The Hall–Kier alpha value is -2.90. The van der Waals surface area contributed by atoms with Gasteiger partial charge in [0, 0.05) is 14.1 Å². The maximum atomic E-state index is 12.5. The third-order valence-electron chi connectivity index (χ3n) is 4.48. The Labute approximate surface area is 132 Å². The quantitative estimate of drug-likeness (QED) is 0.733. The standard InChI is InChI=1S/C15H15N5O3/c1-17-12-11(13(22)18(2)15(17)23)20-8-7-19(14(20)16-12)9-3-5-10(21)6-4-9/h3-6,11H,7-8H2,1-2H3/p+1. The minimum absolute atomic E-state index is 0.198. The Kier molecular flexibility index (Phi) is 2.72. The SMILES string of the molecule is CN1C(=O)C2C(=NC3=[N+]2CCN3c2ccc(O)cc2)N(C)C1=O. The smallest absolute Gasteiger partial charge is 0.397 e. The minimum Gasteiger partial charge on any atom is -0.508 e. The number of carbonyl (C=O) groups excluding carboxylic acids is 2. The highest BCUT2D eigenvalue weighted by molar-refractivity contribution is 6.24. The number of hydrogen-bond acceptors (Lipinski definition) is 5. The number of benzene rings is 1. The van der Waals surface area contributed by atoms with Gasteiger partial charge in [0.15, 0.2) is 0 Å². The molecule has 0 saturated carbocycles. The van der Waals surface area contributed by atoms with Crippen LogP contribution < -0.4 is 4.90 Å². The molecule has 1 aromatic carbocycles. The number of hydrogen-bond donors (Lipinski definition) is 1. The molecule has 3 aliphatic heterocycles. The molecule has 3 amide bonds. The predicted octanol–water partition coefficient (Wildman–Crippen LogP) is -0.115. The highest BCUT2D eigenvalue weighted by Crippen LogP contribution is 2.27. The van der Waals surface area contributed by atoms with Crippen LogP contribution in [0.4, 0.5) is 10.5 Å². The zero-order chi connectivity index (χ0) is 16.3. The Balaban J connectivity index is 1.76. The molecule has 1 fully saturated rings. The summed E-state index contributed by atoms with van der Waals surface area (Å²) in [7, 11) is 3.12. The van der Waals surface area contributed by atoms with Crippen LogP contribution in [0.15, 0.2) is 29.3 Å². The number of guanidine groups is 1. The van der Waals surface area contributed by atoms with Gasteiger partial charge in [-0.05, 0) is 24.3 Å². The summed E-state index contributed by atoms with van der Waals surface area (Å²) in [6, 6.07) is 5.92. The number of aromatic hydroxyl groups is 1. The number of aliphatic imine (C=N–C) groups is 1. The van der Waals surface area contributed by atoms with E-state index in [4.69, 9.17) is 0 Å². The fourth-order valence-corrected chi connectivity index (χ4v) is 3.21. The van der Waals surface area contributed by atoms with Crippen LogP contribution >= 0.6 is 0 Å². The molecule has 0 aliphatic carbocycles. The van der Waals surface area contributed by atoms with Gasteiger partial charge in [0.2, 0.25) is 11.9 Å². The number of rotatable bonds is 1. The molecular formula is C15H16N5O3+. The molecule has 0 spiro atoms. The van der Waals surface area contributed by atoms with E-state index in [1.807, 2.05) is 9.48 Å². The van der Waals surface area contributed by atoms with E-state index >= 15 is 0 Å². The molecule has 1 aromatic rings. The molecule has 23 heavy (non-hydrogen) atoms. The second-order valence-electron chi connectivity index (χ2n) is 5.77. The van der Waals surface area contributed by atoms with E-state index < -0.39 is 6.04 Å². The third kappa shape index (κ3) is 1.77. The van der Waals surface area contributed by atoms with Crippen molar-refractivity contribution in [3.8, 4) is 5.75 Å². The number of anilines is 1. The van der Waals surface area contributed by atoms with Crippen molar-refractivity contribution in [1.82, 2.24) is 9.80 Å². The summed E-state index contributed by atoms with van der Waals surface area (Å²) in [5.41, 5.74) is 0.887. The number of amidine groups is 1. The number of amides is 3. The third-order valence-corrected chi connectivity index (χ3v) is 4.48. The van der Waals surface area contributed by atoms with E-state index in [0.29, 0.717) is 24.9 Å². The van der Waals surface area contributed by atoms with Crippen molar-refractivity contribution in [3.05, 3.63) is 24.3 Å². The molecule has 8 nitrogen and oxygen atoms in total. The number of phenolic OH excluding ortho intramolecular Hbond substituents is 1. The second-order valence-corrected chi connectivity index (χ2v) is 5.77. The van der Waals surface area contributed by atoms with Crippen molar-refractivity contribution in [2.24, 2.45) is 4.99 Å². The Morgan fingerprint density at radius 2 is 1.87 bits per heavy atom. The van der Waals surface area contributed by atoms with Crippen molar-refractivity contribution in [3.63, 3.8) is 0 Å². The van der Waals surface area contributed by atoms with Crippen LogP contribution in [-0.2, 0) is 4.79 Å². The number of nitrogens with zero attached hydrogens (tertiary/aromatic N) is 5. The average Bonchev–Trinajstić information content (AvgIpc) is 3.11. The first-order chi connectivity index (χ1) is 11.0. The van der Waals surface area contributed by atoms with E-state index in [2.05, 4.69) is 4.99 Å². The van der Waals surface area contributed by atoms with Crippen molar-refractivity contribution < 1.29 is 19.3 Å². The van der Waals surface area contributed by atoms with Crippen LogP contribution in [0, 0.1) is 0 Å². The summed E-state index contributed by atoms with van der Waals surface area (Å²) in [6.07, 6.45) is 0. The monoisotopic (exact) mass is 314 g/mol. The summed E-state index contributed by atoms with van der Waals surface area (Å²) in [5, 5.41) is 9.43. The van der Waals surface area contributed by atoms with Crippen LogP contribution in [0.25, 0.3) is 0 Å². The van der Waals surface area contributed by atoms with Gasteiger partial charge in [-0.15, -0.1) is 0 Å². The molecule has 4 rings (SSSR count). The van der Waals surface area contributed by atoms with Gasteiger partial charge in [0.1, 0.15) is 18.0 Å². The van der Waals surface area contributed by atoms with Gasteiger partial charge in [-0.1, -0.05) is 4.99 Å². The molecule has 0 radical (unpaired) electrons. The molecular weight excluding hydrogens is 298 g/mol. The number of carbonyl (C=O) groups is 2. The largest absolute Gasteiger partial charge is 0.508 e. The summed E-state index contributed by atoms with van der Waals surface area (Å²) in [6.45, 7) is 1.34. The molecule has 8 heteroatoms. The normalized spacial score (nSPS) is 23.5. The van der Waals surface area contributed by atoms with Crippen molar-refractivity contribution in [1.29, 1.82) is 0 Å². The van der Waals surface area contributed by atoms with Gasteiger partial charge >= 0.3 is 12.0 Å². The van der Waals surface area contributed by atoms with Gasteiger partial charge in [0.25, 0.3) is 5.91 Å². The van der Waals surface area contributed by atoms with Crippen molar-refractivity contribution in [2.45, 2.75) is 6.04 Å². The van der Waals surface area contributed by atoms with Crippen LogP contribution in [0.2, 0.25) is 0 Å². The maximum Gasteiger partial charge on any atom is 0.397 e. The molecule has 1 atom stereocenters. The van der Waals surface area contributed by atoms with Crippen LogP contribution in [0.3, 0.4) is 0 Å². The van der Waals surface area contributed by atoms with Gasteiger partial charge in [-0.2, -0.15) is 0 Å². The van der Waals surface area contributed by atoms with Gasteiger partial charge in [-0.25, -0.2) is 14.3 Å². The van der Waals surface area contributed by atoms with E-state index in [0.717, 1.165) is 10.6 Å². The number of phenols is 1. The van der Waals surface area contributed by atoms with Crippen LogP contribution in [-0.4, -0.2) is 76.4 Å². The predicted molar refractivity (Wildman–Crippen MR) is 82.7 cm³/mol. The molecule has 3 aliphatic rings. The van der Waals surface area contributed by atoms with Crippen molar-refractivity contribution >= 4 is 29.4 Å². The lowest BCUT2D eigenvalue weighted by Crippen LogP contribution is -2.61. The fourth-order valence-electron chi connectivity index (χ4n) is 3.21. The molecule has 3 heterocycles. The molecule has 1 saturated heterocycles. The second kappa shape index (κ2) is 4.55. The summed E-state index contributed by atoms with van der Waals surface area (Å²) >= 11 is 0. The first-order valence-electron chi connectivity index (χ1n) is 7.33. The summed E-state index contributed by atoms with van der Waals surface area (Å²) in [5.74, 6) is 1.08. The average molecular weight is 314 g/mol.